The third-order valence-electron chi connectivity index (χ3n) is 4.83. The highest BCUT2D eigenvalue weighted by molar-refractivity contribution is 6.06. The molecule has 0 bridgehead atoms. The highest BCUT2D eigenvalue weighted by atomic mass is 19.4. The van der Waals surface area contributed by atoms with Gasteiger partial charge in [0.15, 0.2) is 22.9 Å². The van der Waals surface area contributed by atoms with Crippen molar-refractivity contribution in [1.82, 2.24) is 19.9 Å². The van der Waals surface area contributed by atoms with Gasteiger partial charge in [-0.2, -0.15) is 13.2 Å². The largest absolute Gasteiger partial charge is 0.450 e. The molecule has 0 unspecified atom stereocenters. The fourth-order valence-corrected chi connectivity index (χ4v) is 3.46. The molecule has 0 atom stereocenters. The first-order valence-electron chi connectivity index (χ1n) is 9.14. The van der Waals surface area contributed by atoms with Crippen LogP contribution in [0.5, 0.6) is 0 Å². The molecule has 154 valence electrons. The van der Waals surface area contributed by atoms with Gasteiger partial charge >= 0.3 is 6.18 Å². The zero-order valence-electron chi connectivity index (χ0n) is 15.5. The standard InChI is InChI=1S/C19H15F3N6O2/c20-19(21,22)15-11(9-24-18(23)26-15)16-25-13-10-3-1-2-4-12(10)30-14(13)17(27-16)28-5-7-29-8-6-28/h1-4,9H,5-8H2,(H2,23,24,26). The number of morpholine rings is 1. The lowest BCUT2D eigenvalue weighted by Crippen LogP contribution is -2.37. The monoisotopic (exact) mass is 416 g/mol. The Hall–Kier alpha value is -3.47. The molecule has 0 amide bonds. The summed E-state index contributed by atoms with van der Waals surface area (Å²) in [4.78, 5) is 17.9. The van der Waals surface area contributed by atoms with Crippen molar-refractivity contribution < 1.29 is 22.3 Å². The van der Waals surface area contributed by atoms with Crippen molar-refractivity contribution >= 4 is 33.8 Å². The zero-order chi connectivity index (χ0) is 20.9. The fourth-order valence-electron chi connectivity index (χ4n) is 3.46. The minimum atomic E-state index is -4.75. The third-order valence-corrected chi connectivity index (χ3v) is 4.83. The molecular formula is C19H15F3N6O2. The Kier molecular flexibility index (Phi) is 4.21. The van der Waals surface area contributed by atoms with Crippen LogP contribution in [-0.2, 0) is 10.9 Å². The molecule has 0 radical (unpaired) electrons. The van der Waals surface area contributed by atoms with Gasteiger partial charge in [-0.05, 0) is 12.1 Å². The molecule has 8 nitrogen and oxygen atoms in total. The van der Waals surface area contributed by atoms with E-state index in [0.717, 1.165) is 6.20 Å². The molecule has 4 heterocycles. The number of hydrogen-bond acceptors (Lipinski definition) is 8. The van der Waals surface area contributed by atoms with Crippen molar-refractivity contribution in [2.24, 2.45) is 0 Å². The molecular weight excluding hydrogens is 401 g/mol. The summed E-state index contributed by atoms with van der Waals surface area (Å²) in [7, 11) is 0. The van der Waals surface area contributed by atoms with Crippen LogP contribution in [0.15, 0.2) is 34.9 Å². The SMILES string of the molecule is Nc1ncc(-c2nc(N3CCOCC3)c3oc4ccccc4c3n2)c(C(F)(F)F)n1. The number of nitrogens with zero attached hydrogens (tertiary/aromatic N) is 5. The summed E-state index contributed by atoms with van der Waals surface area (Å²) < 4.78 is 52.2. The van der Waals surface area contributed by atoms with Gasteiger partial charge in [0.2, 0.25) is 5.95 Å². The molecule has 1 aliphatic heterocycles. The van der Waals surface area contributed by atoms with Crippen molar-refractivity contribution in [3.63, 3.8) is 0 Å². The Morgan fingerprint density at radius 2 is 1.80 bits per heavy atom. The Morgan fingerprint density at radius 1 is 1.03 bits per heavy atom. The number of furan rings is 1. The predicted molar refractivity (Wildman–Crippen MR) is 103 cm³/mol. The number of alkyl halides is 3. The summed E-state index contributed by atoms with van der Waals surface area (Å²) in [5.74, 6) is -0.225. The van der Waals surface area contributed by atoms with Crippen molar-refractivity contribution in [1.29, 1.82) is 0 Å². The van der Waals surface area contributed by atoms with Crippen molar-refractivity contribution in [2.75, 3.05) is 36.9 Å². The minimum absolute atomic E-state index is 0.150. The summed E-state index contributed by atoms with van der Waals surface area (Å²) in [6.07, 6.45) is -3.75. The lowest BCUT2D eigenvalue weighted by molar-refractivity contribution is -0.140. The Balaban J connectivity index is 1.81. The maximum absolute atomic E-state index is 13.6. The van der Waals surface area contributed by atoms with E-state index in [1.807, 2.05) is 11.0 Å². The van der Waals surface area contributed by atoms with Gasteiger partial charge in [-0.15, -0.1) is 0 Å². The van der Waals surface area contributed by atoms with Crippen LogP contribution in [-0.4, -0.2) is 46.2 Å². The molecule has 0 saturated carbocycles. The molecule has 5 rings (SSSR count). The summed E-state index contributed by atoms with van der Waals surface area (Å²) in [6, 6.07) is 7.18. The van der Waals surface area contributed by atoms with Crippen LogP contribution in [0.1, 0.15) is 5.69 Å². The molecule has 1 aromatic carbocycles. The van der Waals surface area contributed by atoms with E-state index in [-0.39, 0.29) is 11.4 Å². The van der Waals surface area contributed by atoms with Gasteiger partial charge in [0.1, 0.15) is 11.1 Å². The van der Waals surface area contributed by atoms with E-state index in [1.54, 1.807) is 18.2 Å². The third kappa shape index (κ3) is 3.07. The van der Waals surface area contributed by atoms with Crippen LogP contribution in [0.2, 0.25) is 0 Å². The lowest BCUT2D eigenvalue weighted by atomic mass is 10.2. The summed E-state index contributed by atoms with van der Waals surface area (Å²) >= 11 is 0. The van der Waals surface area contributed by atoms with E-state index in [9.17, 15) is 13.2 Å². The fraction of sp³-hybridized carbons (Fsp3) is 0.263. The molecule has 2 N–H and O–H groups in total. The van der Waals surface area contributed by atoms with Gasteiger partial charge in [-0.25, -0.2) is 19.9 Å². The zero-order valence-corrected chi connectivity index (χ0v) is 15.5. The number of benzene rings is 1. The van der Waals surface area contributed by atoms with Crippen LogP contribution in [0.4, 0.5) is 24.9 Å². The number of nitrogens with two attached hydrogens (primary N) is 1. The molecule has 4 aromatic rings. The number of fused-ring (bicyclic) bond motifs is 3. The van der Waals surface area contributed by atoms with Crippen LogP contribution < -0.4 is 10.6 Å². The quantitative estimate of drug-likeness (QED) is 0.531. The number of halogens is 3. The lowest BCUT2D eigenvalue weighted by Gasteiger charge is -2.27. The van der Waals surface area contributed by atoms with Crippen molar-refractivity contribution in [3.8, 4) is 11.4 Å². The van der Waals surface area contributed by atoms with E-state index in [1.165, 1.54) is 0 Å². The van der Waals surface area contributed by atoms with E-state index < -0.39 is 17.8 Å². The molecule has 0 spiro atoms. The van der Waals surface area contributed by atoms with E-state index >= 15 is 0 Å². The second kappa shape index (κ2) is 6.80. The number of hydrogen-bond donors (Lipinski definition) is 1. The van der Waals surface area contributed by atoms with Gasteiger partial charge in [0, 0.05) is 24.7 Å². The smallest absolute Gasteiger partial charge is 0.434 e. The number of ether oxygens (including phenoxy) is 1. The minimum Gasteiger partial charge on any atom is -0.450 e. The summed E-state index contributed by atoms with van der Waals surface area (Å²) in [6.45, 7) is 1.99. The summed E-state index contributed by atoms with van der Waals surface area (Å²) in [5.41, 5.74) is 5.26. The first-order chi connectivity index (χ1) is 14.4. The molecule has 1 aliphatic rings. The second-order valence-corrected chi connectivity index (χ2v) is 6.73. The summed E-state index contributed by atoms with van der Waals surface area (Å²) in [5, 5.41) is 0.676. The molecule has 1 saturated heterocycles. The molecule has 1 fully saturated rings. The molecule has 0 aliphatic carbocycles. The topological polar surface area (TPSA) is 103 Å². The normalized spacial score (nSPS) is 15.2. The van der Waals surface area contributed by atoms with Gasteiger partial charge in [-0.1, -0.05) is 12.1 Å². The predicted octanol–water partition coefficient (Wildman–Crippen LogP) is 3.27. The maximum atomic E-state index is 13.6. The number of aromatic nitrogens is 4. The number of para-hydroxylation sites is 1. The van der Waals surface area contributed by atoms with Gasteiger partial charge in [0.25, 0.3) is 0 Å². The van der Waals surface area contributed by atoms with Crippen LogP contribution in [0, 0.1) is 0 Å². The highest BCUT2D eigenvalue weighted by Crippen LogP contribution is 2.38. The van der Waals surface area contributed by atoms with Crippen molar-refractivity contribution in [3.05, 3.63) is 36.2 Å². The second-order valence-electron chi connectivity index (χ2n) is 6.73. The highest BCUT2D eigenvalue weighted by Gasteiger charge is 2.37. The van der Waals surface area contributed by atoms with Crippen LogP contribution in [0.25, 0.3) is 33.5 Å². The van der Waals surface area contributed by atoms with E-state index in [4.69, 9.17) is 14.9 Å². The molecule has 30 heavy (non-hydrogen) atoms. The Bertz CT molecular complexity index is 1250. The van der Waals surface area contributed by atoms with E-state index in [2.05, 4.69) is 19.9 Å². The Morgan fingerprint density at radius 3 is 2.57 bits per heavy atom. The number of anilines is 2. The molecule has 3 aromatic heterocycles. The number of rotatable bonds is 2. The van der Waals surface area contributed by atoms with Crippen molar-refractivity contribution in [2.45, 2.75) is 6.18 Å². The van der Waals surface area contributed by atoms with Gasteiger partial charge < -0.3 is 19.8 Å². The Labute approximate surface area is 167 Å². The van der Waals surface area contributed by atoms with Crippen LogP contribution in [0.3, 0.4) is 0 Å². The van der Waals surface area contributed by atoms with Gasteiger partial charge in [0.05, 0.1) is 18.8 Å². The average molecular weight is 416 g/mol. The van der Waals surface area contributed by atoms with E-state index in [0.29, 0.717) is 54.2 Å². The maximum Gasteiger partial charge on any atom is 0.434 e. The van der Waals surface area contributed by atoms with Gasteiger partial charge in [-0.3, -0.25) is 0 Å². The number of nitrogen functional groups attached to an aromatic ring is 1. The van der Waals surface area contributed by atoms with Crippen LogP contribution >= 0.6 is 0 Å². The molecule has 11 heteroatoms. The first-order valence-corrected chi connectivity index (χ1v) is 9.14. The first kappa shape index (κ1) is 18.6. The average Bonchev–Trinajstić information content (AvgIpc) is 3.12.